The van der Waals surface area contributed by atoms with Crippen molar-refractivity contribution in [2.24, 2.45) is 0 Å². The van der Waals surface area contributed by atoms with Gasteiger partial charge in [0.2, 0.25) is 0 Å². The van der Waals surface area contributed by atoms with E-state index in [2.05, 4.69) is 47.8 Å². The first-order chi connectivity index (χ1) is 9.24. The van der Waals surface area contributed by atoms with Crippen molar-refractivity contribution in [2.45, 2.75) is 6.92 Å². The van der Waals surface area contributed by atoms with Gasteiger partial charge in [-0.1, -0.05) is 48.0 Å². The third-order valence-corrected chi connectivity index (χ3v) is 3.71. The molecule has 19 heavy (non-hydrogen) atoms. The first kappa shape index (κ1) is 12.1. The fourth-order valence-corrected chi connectivity index (χ4v) is 2.34. The highest BCUT2D eigenvalue weighted by Gasteiger charge is 2.02. The molecule has 0 atom stereocenters. The van der Waals surface area contributed by atoms with E-state index in [1.807, 2.05) is 25.1 Å². The summed E-state index contributed by atoms with van der Waals surface area (Å²) in [6.45, 7) is 2.02. The van der Waals surface area contributed by atoms with E-state index in [0.717, 1.165) is 22.0 Å². The molecule has 0 spiro atoms. The number of benzene rings is 3. The van der Waals surface area contributed by atoms with Gasteiger partial charge in [-0.2, -0.15) is 0 Å². The Kier molecular flexibility index (Phi) is 3.14. The largest absolute Gasteiger partial charge is 0.355 e. The van der Waals surface area contributed by atoms with Crippen molar-refractivity contribution in [3.8, 4) is 0 Å². The molecule has 0 aliphatic heterocycles. The Hall–Kier alpha value is -1.99. The highest BCUT2D eigenvalue weighted by atomic mass is 35.5. The van der Waals surface area contributed by atoms with E-state index in [9.17, 15) is 0 Å². The molecule has 0 fully saturated rings. The maximum atomic E-state index is 6.14. The summed E-state index contributed by atoms with van der Waals surface area (Å²) in [5.74, 6) is 0. The summed E-state index contributed by atoms with van der Waals surface area (Å²) in [7, 11) is 0. The van der Waals surface area contributed by atoms with E-state index in [0.29, 0.717) is 0 Å². The molecule has 0 saturated carbocycles. The molecule has 0 aliphatic carbocycles. The minimum absolute atomic E-state index is 0.783. The Morgan fingerprint density at radius 1 is 0.842 bits per heavy atom. The number of hydrogen-bond acceptors (Lipinski definition) is 1. The van der Waals surface area contributed by atoms with Crippen molar-refractivity contribution in [3.63, 3.8) is 0 Å². The van der Waals surface area contributed by atoms with Crippen LogP contribution in [0.25, 0.3) is 10.8 Å². The van der Waals surface area contributed by atoms with Crippen LogP contribution in [0.3, 0.4) is 0 Å². The molecule has 0 saturated heterocycles. The summed E-state index contributed by atoms with van der Waals surface area (Å²) in [5.41, 5.74) is 3.18. The van der Waals surface area contributed by atoms with Crippen LogP contribution in [0.4, 0.5) is 11.4 Å². The van der Waals surface area contributed by atoms with E-state index in [1.54, 1.807) is 0 Å². The molecule has 2 heteroatoms. The fraction of sp³-hybridized carbons (Fsp3) is 0.0588. The van der Waals surface area contributed by atoms with Gasteiger partial charge in [0.1, 0.15) is 0 Å². The highest BCUT2D eigenvalue weighted by molar-refractivity contribution is 6.31. The van der Waals surface area contributed by atoms with Crippen molar-refractivity contribution in [1.82, 2.24) is 0 Å². The van der Waals surface area contributed by atoms with Crippen molar-refractivity contribution in [2.75, 3.05) is 5.32 Å². The van der Waals surface area contributed by atoms with E-state index < -0.39 is 0 Å². The van der Waals surface area contributed by atoms with Crippen LogP contribution in [0, 0.1) is 6.92 Å². The zero-order valence-electron chi connectivity index (χ0n) is 10.7. The Morgan fingerprint density at radius 3 is 2.47 bits per heavy atom. The van der Waals surface area contributed by atoms with Crippen LogP contribution in [0.5, 0.6) is 0 Å². The van der Waals surface area contributed by atoms with Crippen LogP contribution in [0.15, 0.2) is 60.7 Å². The Bertz CT molecular complexity index is 734. The quantitative estimate of drug-likeness (QED) is 0.642. The number of fused-ring (bicyclic) bond motifs is 1. The molecular formula is C17H14ClN. The van der Waals surface area contributed by atoms with Crippen molar-refractivity contribution >= 4 is 33.7 Å². The minimum Gasteiger partial charge on any atom is -0.355 e. The first-order valence-electron chi connectivity index (χ1n) is 6.25. The minimum atomic E-state index is 0.783. The van der Waals surface area contributed by atoms with Crippen LogP contribution in [-0.2, 0) is 0 Å². The third kappa shape index (κ3) is 2.42. The number of halogens is 1. The molecule has 0 unspecified atom stereocenters. The Labute approximate surface area is 117 Å². The maximum absolute atomic E-state index is 6.14. The molecule has 0 bridgehead atoms. The molecule has 3 aromatic rings. The predicted molar refractivity (Wildman–Crippen MR) is 83.4 cm³/mol. The zero-order valence-corrected chi connectivity index (χ0v) is 11.4. The van der Waals surface area contributed by atoms with Crippen LogP contribution in [-0.4, -0.2) is 0 Å². The van der Waals surface area contributed by atoms with Crippen LogP contribution in [0.2, 0.25) is 5.02 Å². The summed E-state index contributed by atoms with van der Waals surface area (Å²) in [6.07, 6.45) is 0. The zero-order chi connectivity index (χ0) is 13.2. The number of rotatable bonds is 2. The van der Waals surface area contributed by atoms with Crippen molar-refractivity contribution in [3.05, 3.63) is 71.2 Å². The lowest BCUT2D eigenvalue weighted by Gasteiger charge is -2.11. The summed E-state index contributed by atoms with van der Waals surface area (Å²) in [4.78, 5) is 0. The summed E-state index contributed by atoms with van der Waals surface area (Å²) in [6, 6.07) is 20.6. The molecule has 94 valence electrons. The van der Waals surface area contributed by atoms with Gasteiger partial charge in [-0.3, -0.25) is 0 Å². The topological polar surface area (TPSA) is 12.0 Å². The van der Waals surface area contributed by atoms with Crippen molar-refractivity contribution < 1.29 is 0 Å². The molecule has 1 N–H and O–H groups in total. The molecule has 1 nitrogen and oxygen atoms in total. The average Bonchev–Trinajstić information content (AvgIpc) is 2.44. The molecule has 0 amide bonds. The van der Waals surface area contributed by atoms with Gasteiger partial charge in [0.25, 0.3) is 0 Å². The SMILES string of the molecule is Cc1c(Cl)cccc1Nc1ccc2ccccc2c1. The van der Waals surface area contributed by atoms with Gasteiger partial charge in [0.15, 0.2) is 0 Å². The Morgan fingerprint density at radius 2 is 1.63 bits per heavy atom. The first-order valence-corrected chi connectivity index (χ1v) is 6.63. The summed E-state index contributed by atoms with van der Waals surface area (Å²) < 4.78 is 0. The number of anilines is 2. The van der Waals surface area contributed by atoms with E-state index in [4.69, 9.17) is 11.6 Å². The predicted octanol–water partition coefficient (Wildman–Crippen LogP) is 5.55. The molecule has 0 aliphatic rings. The van der Waals surface area contributed by atoms with Gasteiger partial charge in [0, 0.05) is 16.4 Å². The number of hydrogen-bond donors (Lipinski definition) is 1. The second kappa shape index (κ2) is 4.94. The molecular weight excluding hydrogens is 254 g/mol. The van der Waals surface area contributed by atoms with Gasteiger partial charge in [0.05, 0.1) is 0 Å². The molecule has 3 aromatic carbocycles. The number of nitrogens with one attached hydrogen (secondary N) is 1. The second-order valence-electron chi connectivity index (χ2n) is 4.60. The van der Waals surface area contributed by atoms with Gasteiger partial charge < -0.3 is 5.32 Å². The molecule has 0 radical (unpaired) electrons. The van der Waals surface area contributed by atoms with Crippen LogP contribution in [0.1, 0.15) is 5.56 Å². The molecule has 0 heterocycles. The average molecular weight is 268 g/mol. The van der Waals surface area contributed by atoms with Crippen LogP contribution >= 0.6 is 11.6 Å². The maximum Gasteiger partial charge on any atom is 0.0455 e. The Balaban J connectivity index is 1.99. The van der Waals surface area contributed by atoms with Gasteiger partial charge >= 0.3 is 0 Å². The molecule has 0 aromatic heterocycles. The third-order valence-electron chi connectivity index (χ3n) is 3.30. The van der Waals surface area contributed by atoms with Crippen molar-refractivity contribution in [1.29, 1.82) is 0 Å². The fourth-order valence-electron chi connectivity index (χ4n) is 2.17. The van der Waals surface area contributed by atoms with Crippen LogP contribution < -0.4 is 5.32 Å². The normalized spacial score (nSPS) is 10.6. The molecule has 3 rings (SSSR count). The standard InChI is InChI=1S/C17H14ClN/c1-12-16(18)7-4-8-17(12)19-15-10-9-13-5-2-3-6-14(13)11-15/h2-11,19H,1H3. The van der Waals surface area contributed by atoms with E-state index in [1.165, 1.54) is 10.8 Å². The van der Waals surface area contributed by atoms with Gasteiger partial charge in [-0.15, -0.1) is 0 Å². The van der Waals surface area contributed by atoms with E-state index >= 15 is 0 Å². The lowest BCUT2D eigenvalue weighted by molar-refractivity contribution is 1.43. The second-order valence-corrected chi connectivity index (χ2v) is 5.01. The highest BCUT2D eigenvalue weighted by Crippen LogP contribution is 2.27. The van der Waals surface area contributed by atoms with Gasteiger partial charge in [-0.05, 0) is 47.5 Å². The summed E-state index contributed by atoms with van der Waals surface area (Å²) >= 11 is 6.14. The smallest absolute Gasteiger partial charge is 0.0455 e. The van der Waals surface area contributed by atoms with E-state index in [-0.39, 0.29) is 0 Å². The lowest BCUT2D eigenvalue weighted by atomic mass is 10.1. The van der Waals surface area contributed by atoms with Gasteiger partial charge in [-0.25, -0.2) is 0 Å². The monoisotopic (exact) mass is 267 g/mol. The lowest BCUT2D eigenvalue weighted by Crippen LogP contribution is -1.93. The summed E-state index contributed by atoms with van der Waals surface area (Å²) in [5, 5.41) is 6.68.